The van der Waals surface area contributed by atoms with Crippen LogP contribution in [0.4, 0.5) is 0 Å². The molecule has 0 aliphatic heterocycles. The maximum absolute atomic E-state index is 12.0. The van der Waals surface area contributed by atoms with Crippen LogP contribution in [0.1, 0.15) is 24.5 Å². The number of nitrogens with zero attached hydrogens (tertiary/aromatic N) is 2. The summed E-state index contributed by atoms with van der Waals surface area (Å²) in [6, 6.07) is 9.95. The predicted octanol–water partition coefficient (Wildman–Crippen LogP) is 2.30. The van der Waals surface area contributed by atoms with Crippen molar-refractivity contribution in [3.05, 3.63) is 35.4 Å². The van der Waals surface area contributed by atoms with E-state index in [0.717, 1.165) is 12.0 Å². The van der Waals surface area contributed by atoms with Crippen LogP contribution in [-0.4, -0.2) is 23.9 Å². The summed E-state index contributed by atoms with van der Waals surface area (Å²) in [5, 5.41) is 8.67. The van der Waals surface area contributed by atoms with Crippen molar-refractivity contribution in [3.63, 3.8) is 0 Å². The van der Waals surface area contributed by atoms with Gasteiger partial charge in [-0.2, -0.15) is 5.26 Å². The Morgan fingerprint density at radius 3 is 2.53 bits per heavy atom. The lowest BCUT2D eigenvalue weighted by Gasteiger charge is -2.18. The molecule has 0 aromatic heterocycles. The first-order chi connectivity index (χ1) is 8.17. The highest BCUT2D eigenvalue weighted by atomic mass is 16.2. The molecule has 0 radical (unpaired) electrons. The number of amides is 1. The second-order valence-corrected chi connectivity index (χ2v) is 4.14. The van der Waals surface area contributed by atoms with Gasteiger partial charge in [0.1, 0.15) is 6.54 Å². The molecule has 90 valence electrons. The Morgan fingerprint density at radius 2 is 2.00 bits per heavy atom. The SMILES string of the molecule is CCCN(CC#N)C(=O)Cc1ccc(C)cc1. The highest BCUT2D eigenvalue weighted by molar-refractivity contribution is 5.79. The minimum Gasteiger partial charge on any atom is -0.329 e. The molecule has 3 nitrogen and oxygen atoms in total. The van der Waals surface area contributed by atoms with E-state index in [1.807, 2.05) is 44.2 Å². The van der Waals surface area contributed by atoms with Crippen LogP contribution in [0.15, 0.2) is 24.3 Å². The fourth-order valence-corrected chi connectivity index (χ4v) is 1.64. The summed E-state index contributed by atoms with van der Waals surface area (Å²) in [5.74, 6) is 0.0252. The van der Waals surface area contributed by atoms with E-state index in [2.05, 4.69) is 0 Å². The first-order valence-electron chi connectivity index (χ1n) is 5.87. The Labute approximate surface area is 103 Å². The summed E-state index contributed by atoms with van der Waals surface area (Å²) >= 11 is 0. The largest absolute Gasteiger partial charge is 0.329 e. The lowest BCUT2D eigenvalue weighted by molar-refractivity contribution is -0.129. The first-order valence-corrected chi connectivity index (χ1v) is 5.87. The van der Waals surface area contributed by atoms with Crippen molar-refractivity contribution in [1.29, 1.82) is 5.26 Å². The van der Waals surface area contributed by atoms with Crippen LogP contribution in [0.3, 0.4) is 0 Å². The van der Waals surface area contributed by atoms with E-state index in [0.29, 0.717) is 13.0 Å². The topological polar surface area (TPSA) is 44.1 Å². The second-order valence-electron chi connectivity index (χ2n) is 4.14. The van der Waals surface area contributed by atoms with Gasteiger partial charge in [-0.1, -0.05) is 36.8 Å². The molecule has 17 heavy (non-hydrogen) atoms. The van der Waals surface area contributed by atoms with Crippen LogP contribution in [0, 0.1) is 18.3 Å². The number of carbonyl (C=O) groups excluding carboxylic acids is 1. The zero-order valence-electron chi connectivity index (χ0n) is 10.4. The first kappa shape index (κ1) is 13.2. The molecular weight excluding hydrogens is 212 g/mol. The minimum absolute atomic E-state index is 0.0252. The maximum atomic E-state index is 12.0. The lowest BCUT2D eigenvalue weighted by atomic mass is 10.1. The van der Waals surface area contributed by atoms with Crippen molar-refractivity contribution in [2.75, 3.05) is 13.1 Å². The van der Waals surface area contributed by atoms with Crippen LogP contribution in [0.5, 0.6) is 0 Å². The molecular formula is C14H18N2O. The molecule has 1 aromatic rings. The summed E-state index contributed by atoms with van der Waals surface area (Å²) in [7, 11) is 0. The monoisotopic (exact) mass is 230 g/mol. The number of nitriles is 1. The maximum Gasteiger partial charge on any atom is 0.227 e. The molecule has 1 aromatic carbocycles. The Balaban J connectivity index is 2.63. The Morgan fingerprint density at radius 1 is 1.35 bits per heavy atom. The summed E-state index contributed by atoms with van der Waals surface area (Å²) < 4.78 is 0. The Hall–Kier alpha value is -1.82. The highest BCUT2D eigenvalue weighted by Gasteiger charge is 2.12. The van der Waals surface area contributed by atoms with Gasteiger partial charge < -0.3 is 4.90 Å². The smallest absolute Gasteiger partial charge is 0.227 e. The molecule has 0 fully saturated rings. The van der Waals surface area contributed by atoms with E-state index in [1.54, 1.807) is 4.90 Å². The van der Waals surface area contributed by atoms with Gasteiger partial charge in [-0.05, 0) is 18.9 Å². The van der Waals surface area contributed by atoms with Crippen LogP contribution >= 0.6 is 0 Å². The number of carbonyl (C=O) groups is 1. The van der Waals surface area contributed by atoms with E-state index in [-0.39, 0.29) is 12.5 Å². The van der Waals surface area contributed by atoms with Gasteiger partial charge >= 0.3 is 0 Å². The molecule has 0 saturated heterocycles. The zero-order chi connectivity index (χ0) is 12.7. The van der Waals surface area contributed by atoms with Gasteiger partial charge in [-0.15, -0.1) is 0 Å². The number of rotatable bonds is 5. The normalized spacial score (nSPS) is 9.71. The summed E-state index contributed by atoms with van der Waals surface area (Å²) in [4.78, 5) is 13.6. The average molecular weight is 230 g/mol. The summed E-state index contributed by atoms with van der Waals surface area (Å²) in [6.07, 6.45) is 1.25. The number of benzene rings is 1. The molecule has 0 aliphatic rings. The molecule has 3 heteroatoms. The van der Waals surface area contributed by atoms with Crippen molar-refractivity contribution in [2.45, 2.75) is 26.7 Å². The van der Waals surface area contributed by atoms with Gasteiger partial charge in [-0.25, -0.2) is 0 Å². The van der Waals surface area contributed by atoms with Gasteiger partial charge in [0.05, 0.1) is 12.5 Å². The summed E-state index contributed by atoms with van der Waals surface area (Å²) in [5.41, 5.74) is 2.18. The minimum atomic E-state index is 0.0252. The van der Waals surface area contributed by atoms with E-state index >= 15 is 0 Å². The third-order valence-corrected chi connectivity index (χ3v) is 2.58. The van der Waals surface area contributed by atoms with E-state index in [1.165, 1.54) is 5.56 Å². The van der Waals surface area contributed by atoms with Crippen LogP contribution < -0.4 is 0 Å². The van der Waals surface area contributed by atoms with Gasteiger partial charge in [-0.3, -0.25) is 4.79 Å². The second kappa shape index (κ2) is 6.70. The number of aryl methyl sites for hydroxylation is 1. The van der Waals surface area contributed by atoms with Gasteiger partial charge in [0.15, 0.2) is 0 Å². The Kier molecular flexibility index (Phi) is 5.22. The van der Waals surface area contributed by atoms with Crippen molar-refractivity contribution >= 4 is 5.91 Å². The summed E-state index contributed by atoms with van der Waals surface area (Å²) in [6.45, 7) is 4.85. The molecule has 1 amide bonds. The standard InChI is InChI=1S/C14H18N2O/c1-3-9-16(10-8-15)14(17)11-13-6-4-12(2)5-7-13/h4-7H,3,9-11H2,1-2H3. The predicted molar refractivity (Wildman–Crippen MR) is 67.4 cm³/mol. The molecule has 0 atom stereocenters. The third kappa shape index (κ3) is 4.28. The van der Waals surface area contributed by atoms with Crippen molar-refractivity contribution < 1.29 is 4.79 Å². The average Bonchev–Trinajstić information content (AvgIpc) is 2.32. The zero-order valence-corrected chi connectivity index (χ0v) is 10.4. The van der Waals surface area contributed by atoms with Crippen LogP contribution in [0.25, 0.3) is 0 Å². The fraction of sp³-hybridized carbons (Fsp3) is 0.429. The lowest BCUT2D eigenvalue weighted by Crippen LogP contribution is -2.33. The van der Waals surface area contributed by atoms with E-state index in [9.17, 15) is 4.79 Å². The van der Waals surface area contributed by atoms with Crippen LogP contribution in [0.2, 0.25) is 0 Å². The highest BCUT2D eigenvalue weighted by Crippen LogP contribution is 2.06. The Bertz CT molecular complexity index is 403. The van der Waals surface area contributed by atoms with Crippen molar-refractivity contribution in [2.24, 2.45) is 0 Å². The number of hydrogen-bond acceptors (Lipinski definition) is 2. The van der Waals surface area contributed by atoms with Crippen molar-refractivity contribution in [3.8, 4) is 6.07 Å². The molecule has 0 bridgehead atoms. The molecule has 1 rings (SSSR count). The molecule has 0 unspecified atom stereocenters. The van der Waals surface area contributed by atoms with Crippen LogP contribution in [-0.2, 0) is 11.2 Å². The molecule has 0 saturated carbocycles. The van der Waals surface area contributed by atoms with Gasteiger partial charge in [0.2, 0.25) is 5.91 Å². The molecule has 0 heterocycles. The van der Waals surface area contributed by atoms with Gasteiger partial charge in [0.25, 0.3) is 0 Å². The third-order valence-electron chi connectivity index (χ3n) is 2.58. The fourth-order valence-electron chi connectivity index (χ4n) is 1.64. The van der Waals surface area contributed by atoms with E-state index in [4.69, 9.17) is 5.26 Å². The van der Waals surface area contributed by atoms with E-state index < -0.39 is 0 Å². The quantitative estimate of drug-likeness (QED) is 0.728. The number of hydrogen-bond donors (Lipinski definition) is 0. The van der Waals surface area contributed by atoms with Gasteiger partial charge in [0, 0.05) is 6.54 Å². The molecule has 0 N–H and O–H groups in total. The molecule has 0 aliphatic carbocycles. The van der Waals surface area contributed by atoms with Crippen molar-refractivity contribution in [1.82, 2.24) is 4.90 Å². The molecule has 0 spiro atoms.